The summed E-state index contributed by atoms with van der Waals surface area (Å²) >= 11 is 0. The van der Waals surface area contributed by atoms with E-state index in [0.717, 1.165) is 56.5 Å². The third-order valence-corrected chi connectivity index (χ3v) is 7.72. The highest BCUT2D eigenvalue weighted by molar-refractivity contribution is 5.92. The van der Waals surface area contributed by atoms with E-state index in [1.165, 1.54) is 29.7 Å². The van der Waals surface area contributed by atoms with Crippen molar-refractivity contribution in [1.82, 2.24) is 40.3 Å². The van der Waals surface area contributed by atoms with Crippen LogP contribution in [0.25, 0.3) is 21.8 Å². The van der Waals surface area contributed by atoms with Crippen LogP contribution in [-0.2, 0) is 0 Å². The van der Waals surface area contributed by atoms with Crippen molar-refractivity contribution in [2.24, 2.45) is 0 Å². The van der Waals surface area contributed by atoms with Gasteiger partial charge in [0, 0.05) is 45.9 Å². The van der Waals surface area contributed by atoms with Crippen LogP contribution in [0, 0.1) is 20.8 Å². The monoisotopic (exact) mass is 595 g/mol. The van der Waals surface area contributed by atoms with E-state index in [9.17, 15) is 0 Å². The topological polar surface area (TPSA) is 145 Å². The minimum atomic E-state index is 0.558. The molecule has 3 aromatic carbocycles. The van der Waals surface area contributed by atoms with E-state index in [2.05, 4.69) is 83.3 Å². The van der Waals surface area contributed by atoms with E-state index >= 15 is 0 Å². The van der Waals surface area contributed by atoms with Crippen LogP contribution in [0.1, 0.15) is 41.3 Å². The molecule has 5 N–H and O–H groups in total. The van der Waals surface area contributed by atoms with Gasteiger partial charge in [-0.15, -0.1) is 0 Å². The fourth-order valence-electron chi connectivity index (χ4n) is 5.01. The zero-order valence-electron chi connectivity index (χ0n) is 25.3. The first-order chi connectivity index (χ1) is 22.0. The van der Waals surface area contributed by atoms with E-state index in [1.54, 1.807) is 6.33 Å². The Labute approximate surface area is 260 Å². The van der Waals surface area contributed by atoms with Gasteiger partial charge in [-0.05, 0) is 81.1 Å². The first kappa shape index (κ1) is 28.0. The van der Waals surface area contributed by atoms with Crippen LogP contribution < -0.4 is 16.0 Å². The number of aromatic amines is 2. The number of aromatic nitrogens is 8. The molecule has 45 heavy (non-hydrogen) atoms. The molecule has 0 bridgehead atoms. The first-order valence-electron chi connectivity index (χ1n) is 14.9. The molecule has 0 atom stereocenters. The number of fused-ring (bicyclic) bond motifs is 2. The molecule has 1 aliphatic rings. The van der Waals surface area contributed by atoms with Crippen LogP contribution in [0.15, 0.2) is 85.2 Å². The summed E-state index contributed by atoms with van der Waals surface area (Å²) in [4.78, 5) is 17.8. The average molecular weight is 596 g/mol. The molecule has 0 radical (unpaired) electrons. The smallest absolute Gasteiger partial charge is 0.229 e. The van der Waals surface area contributed by atoms with Crippen molar-refractivity contribution in [3.63, 3.8) is 0 Å². The summed E-state index contributed by atoms with van der Waals surface area (Å²) in [6.07, 6.45) is 4.02. The fraction of sp³-hybridized carbons (Fsp3) is 0.176. The van der Waals surface area contributed by atoms with Crippen LogP contribution in [0.5, 0.6) is 0 Å². The van der Waals surface area contributed by atoms with Gasteiger partial charge in [-0.1, -0.05) is 30.3 Å². The van der Waals surface area contributed by atoms with Crippen molar-refractivity contribution < 1.29 is 0 Å². The minimum Gasteiger partial charge on any atom is -0.324 e. The van der Waals surface area contributed by atoms with E-state index < -0.39 is 0 Å². The van der Waals surface area contributed by atoms with Gasteiger partial charge in [0.1, 0.15) is 18.0 Å². The lowest BCUT2D eigenvalue weighted by atomic mass is 10.1. The largest absolute Gasteiger partial charge is 0.324 e. The molecular weight excluding hydrogens is 562 g/mol. The maximum absolute atomic E-state index is 4.73. The Kier molecular flexibility index (Phi) is 7.48. The van der Waals surface area contributed by atoms with Gasteiger partial charge in [0.25, 0.3) is 0 Å². The zero-order valence-corrected chi connectivity index (χ0v) is 25.3. The number of anilines is 6. The minimum absolute atomic E-state index is 0.558. The number of hydrogen-bond acceptors (Lipinski definition) is 9. The molecule has 8 rings (SSSR count). The summed E-state index contributed by atoms with van der Waals surface area (Å²) in [7, 11) is 0. The van der Waals surface area contributed by atoms with Crippen molar-refractivity contribution in [3.05, 3.63) is 108 Å². The van der Waals surface area contributed by atoms with E-state index in [4.69, 9.17) is 4.98 Å². The summed E-state index contributed by atoms with van der Waals surface area (Å²) in [6, 6.07) is 26.1. The highest BCUT2D eigenvalue weighted by atomic mass is 15.2. The van der Waals surface area contributed by atoms with E-state index in [-0.39, 0.29) is 0 Å². The van der Waals surface area contributed by atoms with Crippen molar-refractivity contribution in [2.75, 3.05) is 16.0 Å². The molecule has 224 valence electrons. The summed E-state index contributed by atoms with van der Waals surface area (Å²) < 4.78 is 0. The SMILES string of the molecule is Cc1cc(Nc2ncnc3ccccc23)n[nH]1.Cc1ccc(Nc2nc(Nc3cc(C4CC4)[nH]n3)c3ccccc3n2)cc1C. The summed E-state index contributed by atoms with van der Waals surface area (Å²) in [5.41, 5.74) is 7.45. The second-order valence-electron chi connectivity index (χ2n) is 11.2. The van der Waals surface area contributed by atoms with Crippen LogP contribution >= 0.6 is 0 Å². The second kappa shape index (κ2) is 12.0. The van der Waals surface area contributed by atoms with E-state index in [1.807, 2.05) is 67.6 Å². The van der Waals surface area contributed by atoms with Gasteiger partial charge in [0.15, 0.2) is 11.6 Å². The number of benzene rings is 3. The van der Waals surface area contributed by atoms with Gasteiger partial charge in [0.2, 0.25) is 5.95 Å². The summed E-state index contributed by atoms with van der Waals surface area (Å²) in [5, 5.41) is 26.3. The predicted octanol–water partition coefficient (Wildman–Crippen LogP) is 7.74. The molecule has 0 aliphatic heterocycles. The Bertz CT molecular complexity index is 2100. The maximum atomic E-state index is 4.73. The Morgan fingerprint density at radius 1 is 0.644 bits per heavy atom. The first-order valence-corrected chi connectivity index (χ1v) is 14.9. The maximum Gasteiger partial charge on any atom is 0.229 e. The molecule has 7 aromatic rings. The second-order valence-corrected chi connectivity index (χ2v) is 11.2. The van der Waals surface area contributed by atoms with Gasteiger partial charge in [-0.2, -0.15) is 15.2 Å². The standard InChI is InChI=1S/C22H22N6.C12H11N5/c1-13-7-10-16(11-14(13)2)23-22-24-18-6-4-3-5-17(18)21(26-22)25-20-12-19(27-28-20)15-8-9-15;1-8-6-11(17-16-8)15-12-9-4-2-3-5-10(9)13-7-14-12/h3-7,10-12,15H,8-9H2,1-2H3,(H3,23,24,25,26,27,28);2-7H,1H3,(H2,13,14,15,16,17). The number of aryl methyl sites for hydroxylation is 3. The average Bonchev–Trinajstić information content (AvgIpc) is 3.66. The molecule has 1 saturated carbocycles. The van der Waals surface area contributed by atoms with Crippen molar-refractivity contribution in [3.8, 4) is 0 Å². The lowest BCUT2D eigenvalue weighted by molar-refractivity contribution is 0.966. The molecule has 11 heteroatoms. The number of nitrogens with one attached hydrogen (secondary N) is 5. The van der Waals surface area contributed by atoms with Crippen LogP contribution in [-0.4, -0.2) is 40.3 Å². The van der Waals surface area contributed by atoms with Gasteiger partial charge in [-0.3, -0.25) is 10.2 Å². The summed E-state index contributed by atoms with van der Waals surface area (Å²) in [6.45, 7) is 6.16. The molecule has 0 spiro atoms. The van der Waals surface area contributed by atoms with Gasteiger partial charge >= 0.3 is 0 Å². The molecular formula is C34H33N11. The quantitative estimate of drug-likeness (QED) is 0.125. The van der Waals surface area contributed by atoms with Crippen molar-refractivity contribution >= 4 is 56.7 Å². The number of rotatable bonds is 7. The predicted molar refractivity (Wildman–Crippen MR) is 179 cm³/mol. The van der Waals surface area contributed by atoms with Crippen LogP contribution in [0.3, 0.4) is 0 Å². The van der Waals surface area contributed by atoms with Crippen LogP contribution in [0.2, 0.25) is 0 Å². The third-order valence-electron chi connectivity index (χ3n) is 7.72. The Morgan fingerprint density at radius 3 is 2.11 bits per heavy atom. The van der Waals surface area contributed by atoms with E-state index in [0.29, 0.717) is 11.9 Å². The number of H-pyrrole nitrogens is 2. The van der Waals surface area contributed by atoms with Crippen LogP contribution in [0.4, 0.5) is 34.9 Å². The highest BCUT2D eigenvalue weighted by Gasteiger charge is 2.25. The third kappa shape index (κ3) is 6.42. The molecule has 1 fully saturated rings. The molecule has 4 heterocycles. The highest BCUT2D eigenvalue weighted by Crippen LogP contribution is 2.40. The Balaban J connectivity index is 0.000000163. The number of para-hydroxylation sites is 2. The van der Waals surface area contributed by atoms with Gasteiger partial charge in [-0.25, -0.2) is 15.0 Å². The Morgan fingerprint density at radius 2 is 1.36 bits per heavy atom. The molecule has 0 amide bonds. The molecule has 11 nitrogen and oxygen atoms in total. The fourth-order valence-corrected chi connectivity index (χ4v) is 5.01. The summed E-state index contributed by atoms with van der Waals surface area (Å²) in [5.74, 6) is 4.23. The van der Waals surface area contributed by atoms with Crippen molar-refractivity contribution in [1.29, 1.82) is 0 Å². The van der Waals surface area contributed by atoms with Gasteiger partial charge in [0.05, 0.1) is 11.0 Å². The normalized spacial score (nSPS) is 12.5. The molecule has 1 aliphatic carbocycles. The van der Waals surface area contributed by atoms with Gasteiger partial charge < -0.3 is 16.0 Å². The molecule has 0 saturated heterocycles. The lowest BCUT2D eigenvalue weighted by Gasteiger charge is -2.11. The lowest BCUT2D eigenvalue weighted by Crippen LogP contribution is -2.02. The number of hydrogen-bond donors (Lipinski definition) is 5. The molecule has 0 unspecified atom stereocenters. The molecule has 4 aromatic heterocycles. The number of nitrogens with zero attached hydrogens (tertiary/aromatic N) is 6. The van der Waals surface area contributed by atoms with Crippen molar-refractivity contribution in [2.45, 2.75) is 39.5 Å². The zero-order chi connectivity index (χ0) is 30.8. The Hall–Kier alpha value is -5.84.